The summed E-state index contributed by atoms with van der Waals surface area (Å²) in [6.45, 7) is 11.1. The summed E-state index contributed by atoms with van der Waals surface area (Å²) in [7, 11) is 0. The molecule has 3 heteroatoms. The quantitative estimate of drug-likeness (QED) is 0.728. The summed E-state index contributed by atoms with van der Waals surface area (Å²) in [5, 5.41) is 0. The SMILES string of the molecule is Cc1cc(C)c(OCCCN2CCC[C@H](C)C2)c(Br)c1. The van der Waals surface area contributed by atoms with Crippen molar-refractivity contribution in [2.24, 2.45) is 5.92 Å². The predicted octanol–water partition coefficient (Wildman–Crippen LogP) is 4.57. The number of rotatable bonds is 5. The Morgan fingerprint density at radius 2 is 2.15 bits per heavy atom. The Morgan fingerprint density at radius 3 is 2.85 bits per heavy atom. The van der Waals surface area contributed by atoms with Crippen LogP contribution in [0.5, 0.6) is 5.75 Å². The molecular weight excluding hydrogens is 314 g/mol. The van der Waals surface area contributed by atoms with Gasteiger partial charge in [0.15, 0.2) is 0 Å². The maximum absolute atomic E-state index is 5.97. The van der Waals surface area contributed by atoms with Crippen LogP contribution in [-0.2, 0) is 0 Å². The highest BCUT2D eigenvalue weighted by Crippen LogP contribution is 2.30. The van der Waals surface area contributed by atoms with Crippen LogP contribution in [0.4, 0.5) is 0 Å². The lowest BCUT2D eigenvalue weighted by molar-refractivity contribution is 0.169. The third-order valence-electron chi connectivity index (χ3n) is 3.98. The summed E-state index contributed by atoms with van der Waals surface area (Å²) in [4.78, 5) is 2.58. The molecule has 1 saturated heterocycles. The van der Waals surface area contributed by atoms with E-state index >= 15 is 0 Å². The molecule has 0 saturated carbocycles. The molecule has 1 atom stereocenters. The maximum Gasteiger partial charge on any atom is 0.136 e. The second kappa shape index (κ2) is 7.46. The van der Waals surface area contributed by atoms with E-state index in [4.69, 9.17) is 4.74 Å². The fraction of sp³-hybridized carbons (Fsp3) is 0.647. The van der Waals surface area contributed by atoms with E-state index in [2.05, 4.69) is 53.7 Å². The molecule has 112 valence electrons. The van der Waals surface area contributed by atoms with Gasteiger partial charge in [0.05, 0.1) is 11.1 Å². The topological polar surface area (TPSA) is 12.5 Å². The molecule has 1 heterocycles. The standard InChI is InChI=1S/C17H26BrNO/c1-13-6-4-7-19(12-13)8-5-9-20-17-15(3)10-14(2)11-16(17)18/h10-11,13H,4-9,12H2,1-3H3/t13-/m0/s1. The maximum atomic E-state index is 5.97. The Kier molecular flexibility index (Phi) is 5.91. The molecule has 0 radical (unpaired) electrons. The summed E-state index contributed by atoms with van der Waals surface area (Å²) >= 11 is 3.60. The van der Waals surface area contributed by atoms with E-state index < -0.39 is 0 Å². The van der Waals surface area contributed by atoms with Crippen LogP contribution in [0.2, 0.25) is 0 Å². The minimum Gasteiger partial charge on any atom is -0.492 e. The van der Waals surface area contributed by atoms with Gasteiger partial charge in [-0.05, 0) is 78.7 Å². The zero-order chi connectivity index (χ0) is 14.5. The summed E-state index contributed by atoms with van der Waals surface area (Å²) in [6.07, 6.45) is 3.85. The summed E-state index contributed by atoms with van der Waals surface area (Å²) in [6, 6.07) is 4.29. The predicted molar refractivity (Wildman–Crippen MR) is 88.6 cm³/mol. The van der Waals surface area contributed by atoms with Crippen LogP contribution in [-0.4, -0.2) is 31.1 Å². The van der Waals surface area contributed by atoms with E-state index in [1.54, 1.807) is 0 Å². The zero-order valence-corrected chi connectivity index (χ0v) is 14.5. The first-order valence-corrected chi connectivity index (χ1v) is 8.47. The van der Waals surface area contributed by atoms with Crippen molar-refractivity contribution in [1.29, 1.82) is 0 Å². The lowest BCUT2D eigenvalue weighted by Gasteiger charge is -2.30. The van der Waals surface area contributed by atoms with Crippen LogP contribution in [0.1, 0.15) is 37.3 Å². The lowest BCUT2D eigenvalue weighted by atomic mass is 10.0. The first-order valence-electron chi connectivity index (χ1n) is 7.68. The number of aryl methyl sites for hydroxylation is 2. The molecular formula is C17H26BrNO. The van der Waals surface area contributed by atoms with Crippen molar-refractivity contribution in [3.05, 3.63) is 27.7 Å². The third kappa shape index (κ3) is 4.49. The minimum atomic E-state index is 0.799. The smallest absolute Gasteiger partial charge is 0.136 e. The highest BCUT2D eigenvalue weighted by atomic mass is 79.9. The van der Waals surface area contributed by atoms with Gasteiger partial charge in [0.1, 0.15) is 5.75 Å². The number of hydrogen-bond donors (Lipinski definition) is 0. The summed E-state index contributed by atoms with van der Waals surface area (Å²) in [5.74, 6) is 1.86. The lowest BCUT2D eigenvalue weighted by Crippen LogP contribution is -2.35. The van der Waals surface area contributed by atoms with Crippen molar-refractivity contribution in [3.8, 4) is 5.75 Å². The Labute approximate surface area is 131 Å². The normalized spacial score (nSPS) is 20.1. The molecule has 2 rings (SSSR count). The van der Waals surface area contributed by atoms with Crippen molar-refractivity contribution in [1.82, 2.24) is 4.90 Å². The molecule has 1 aliphatic rings. The van der Waals surface area contributed by atoms with Crippen LogP contribution in [0, 0.1) is 19.8 Å². The fourth-order valence-electron chi connectivity index (χ4n) is 3.04. The van der Waals surface area contributed by atoms with Crippen LogP contribution in [0.15, 0.2) is 16.6 Å². The second-order valence-corrected chi connectivity index (χ2v) is 7.00. The number of halogens is 1. The second-order valence-electron chi connectivity index (χ2n) is 6.14. The molecule has 1 aliphatic heterocycles. The Hall–Kier alpha value is -0.540. The van der Waals surface area contributed by atoms with Crippen molar-refractivity contribution >= 4 is 15.9 Å². The van der Waals surface area contributed by atoms with Gasteiger partial charge in [0.2, 0.25) is 0 Å². The molecule has 2 nitrogen and oxygen atoms in total. The number of piperidine rings is 1. The molecule has 1 aromatic carbocycles. The van der Waals surface area contributed by atoms with Crippen LogP contribution in [0.25, 0.3) is 0 Å². The Morgan fingerprint density at radius 1 is 1.35 bits per heavy atom. The van der Waals surface area contributed by atoms with Gasteiger partial charge in [0, 0.05) is 13.1 Å². The summed E-state index contributed by atoms with van der Waals surface area (Å²) < 4.78 is 7.04. The van der Waals surface area contributed by atoms with Gasteiger partial charge in [-0.1, -0.05) is 13.0 Å². The number of ether oxygens (including phenoxy) is 1. The summed E-state index contributed by atoms with van der Waals surface area (Å²) in [5.41, 5.74) is 2.48. The molecule has 0 N–H and O–H groups in total. The number of nitrogens with zero attached hydrogens (tertiary/aromatic N) is 1. The van der Waals surface area contributed by atoms with Crippen molar-refractivity contribution in [2.45, 2.75) is 40.0 Å². The Balaban J connectivity index is 1.76. The molecule has 0 aliphatic carbocycles. The molecule has 0 unspecified atom stereocenters. The van der Waals surface area contributed by atoms with Gasteiger partial charge in [-0.25, -0.2) is 0 Å². The van der Waals surface area contributed by atoms with Crippen LogP contribution >= 0.6 is 15.9 Å². The van der Waals surface area contributed by atoms with E-state index in [0.717, 1.165) is 35.7 Å². The van der Waals surface area contributed by atoms with Crippen molar-refractivity contribution < 1.29 is 4.74 Å². The van der Waals surface area contributed by atoms with Gasteiger partial charge < -0.3 is 9.64 Å². The number of likely N-dealkylation sites (tertiary alicyclic amines) is 1. The molecule has 1 fully saturated rings. The fourth-order valence-corrected chi connectivity index (χ4v) is 3.83. The van der Waals surface area contributed by atoms with E-state index in [9.17, 15) is 0 Å². The molecule has 0 bridgehead atoms. The molecule has 0 amide bonds. The molecule has 20 heavy (non-hydrogen) atoms. The van der Waals surface area contributed by atoms with E-state index in [0.29, 0.717) is 0 Å². The number of benzene rings is 1. The average molecular weight is 340 g/mol. The first kappa shape index (κ1) is 15.8. The highest BCUT2D eigenvalue weighted by Gasteiger charge is 2.15. The largest absolute Gasteiger partial charge is 0.492 e. The van der Waals surface area contributed by atoms with Gasteiger partial charge in [0.25, 0.3) is 0 Å². The minimum absolute atomic E-state index is 0.799. The monoisotopic (exact) mass is 339 g/mol. The third-order valence-corrected chi connectivity index (χ3v) is 4.57. The van der Waals surface area contributed by atoms with E-state index in [1.807, 2.05) is 0 Å². The van der Waals surface area contributed by atoms with Gasteiger partial charge in [-0.3, -0.25) is 0 Å². The van der Waals surface area contributed by atoms with Crippen LogP contribution in [0.3, 0.4) is 0 Å². The Bertz CT molecular complexity index is 424. The highest BCUT2D eigenvalue weighted by molar-refractivity contribution is 9.10. The zero-order valence-electron chi connectivity index (χ0n) is 12.9. The van der Waals surface area contributed by atoms with Crippen LogP contribution < -0.4 is 4.74 Å². The number of hydrogen-bond acceptors (Lipinski definition) is 2. The van der Waals surface area contributed by atoms with Gasteiger partial charge in [-0.2, -0.15) is 0 Å². The first-order chi connectivity index (χ1) is 9.56. The van der Waals surface area contributed by atoms with Crippen molar-refractivity contribution in [3.63, 3.8) is 0 Å². The molecule has 0 spiro atoms. The van der Waals surface area contributed by atoms with Crippen molar-refractivity contribution in [2.75, 3.05) is 26.2 Å². The van der Waals surface area contributed by atoms with E-state index in [-0.39, 0.29) is 0 Å². The molecule has 0 aromatic heterocycles. The van der Waals surface area contributed by atoms with E-state index in [1.165, 1.54) is 37.1 Å². The molecule has 1 aromatic rings. The average Bonchev–Trinajstić information content (AvgIpc) is 2.36. The van der Waals surface area contributed by atoms with Gasteiger partial charge in [-0.15, -0.1) is 0 Å². The van der Waals surface area contributed by atoms with Gasteiger partial charge >= 0.3 is 0 Å².